The summed E-state index contributed by atoms with van der Waals surface area (Å²) in [6, 6.07) is 2.90. The van der Waals surface area contributed by atoms with Crippen molar-refractivity contribution >= 4 is 22.7 Å². The van der Waals surface area contributed by atoms with Gasteiger partial charge in [0.25, 0.3) is 5.56 Å². The highest BCUT2D eigenvalue weighted by Gasteiger charge is 2.34. The average molecular weight is 424 g/mol. The van der Waals surface area contributed by atoms with Crippen LogP contribution in [-0.2, 0) is 5.75 Å². The summed E-state index contributed by atoms with van der Waals surface area (Å²) in [5.41, 5.74) is 4.11. The Morgan fingerprint density at radius 1 is 1.28 bits per heavy atom. The second-order valence-corrected chi connectivity index (χ2v) is 9.57. The maximum atomic E-state index is 14.5. The molecule has 3 N–H and O–H groups in total. The lowest BCUT2D eigenvalue weighted by molar-refractivity contribution is 0.119. The number of aromatic amines is 1. The van der Waals surface area contributed by atoms with Crippen LogP contribution in [-0.4, -0.2) is 34.0 Å². The summed E-state index contributed by atoms with van der Waals surface area (Å²) < 4.78 is 34.4. The lowest BCUT2D eigenvalue weighted by Gasteiger charge is -2.32. The van der Waals surface area contributed by atoms with Gasteiger partial charge in [0, 0.05) is 23.9 Å². The quantitative estimate of drug-likeness (QED) is 0.701. The molecule has 0 bridgehead atoms. The van der Waals surface area contributed by atoms with Crippen molar-refractivity contribution in [3.05, 3.63) is 34.1 Å². The third-order valence-electron chi connectivity index (χ3n) is 6.14. The van der Waals surface area contributed by atoms with E-state index in [2.05, 4.69) is 9.97 Å². The van der Waals surface area contributed by atoms with E-state index in [1.807, 2.05) is 0 Å². The second kappa shape index (κ2) is 8.60. The second-order valence-electron chi connectivity index (χ2n) is 8.29. The predicted octanol–water partition coefficient (Wildman–Crippen LogP) is 4.08. The van der Waals surface area contributed by atoms with E-state index in [0.717, 1.165) is 25.7 Å². The normalized spacial score (nSPS) is 25.1. The Balaban J connectivity index is 1.44. The van der Waals surface area contributed by atoms with Gasteiger partial charge in [-0.2, -0.15) is 11.8 Å². The monoisotopic (exact) mass is 423 g/mol. The first-order valence-corrected chi connectivity index (χ1v) is 11.4. The minimum atomic E-state index is -1.24. The number of halogens is 2. The zero-order chi connectivity index (χ0) is 20.4. The number of alkyl halides is 1. The van der Waals surface area contributed by atoms with E-state index < -0.39 is 17.0 Å². The van der Waals surface area contributed by atoms with Crippen LogP contribution < -0.4 is 16.0 Å². The maximum Gasteiger partial charge on any atom is 0.261 e. The first kappa shape index (κ1) is 20.6. The van der Waals surface area contributed by atoms with Crippen LogP contribution >= 0.6 is 11.8 Å². The van der Waals surface area contributed by atoms with Gasteiger partial charge in [-0.1, -0.05) is 6.42 Å². The summed E-state index contributed by atoms with van der Waals surface area (Å²) in [7, 11) is 0. The molecule has 1 aromatic carbocycles. The fourth-order valence-corrected chi connectivity index (χ4v) is 5.05. The molecule has 2 aliphatic rings. The number of rotatable bonds is 7. The van der Waals surface area contributed by atoms with Gasteiger partial charge in [-0.15, -0.1) is 0 Å². The molecular formula is C21H27F2N3O2S. The SMILES string of the molecule is NC[C@]1(F)CC[C@H](SCc2nc3cc(OCC4CCC4)cc(F)c3c(=O)[nH]2)CC1. The van der Waals surface area contributed by atoms with Gasteiger partial charge in [-0.25, -0.2) is 13.8 Å². The van der Waals surface area contributed by atoms with Crippen molar-refractivity contribution < 1.29 is 13.5 Å². The van der Waals surface area contributed by atoms with E-state index in [0.29, 0.717) is 53.5 Å². The van der Waals surface area contributed by atoms with Crippen molar-refractivity contribution in [2.45, 2.75) is 61.6 Å². The van der Waals surface area contributed by atoms with Gasteiger partial charge in [0.2, 0.25) is 0 Å². The number of nitrogens with two attached hydrogens (primary N) is 1. The summed E-state index contributed by atoms with van der Waals surface area (Å²) in [6.45, 7) is 0.637. The number of aromatic nitrogens is 2. The number of benzene rings is 1. The van der Waals surface area contributed by atoms with Crippen LogP contribution in [0.4, 0.5) is 8.78 Å². The van der Waals surface area contributed by atoms with Crippen LogP contribution in [0.25, 0.3) is 10.9 Å². The minimum Gasteiger partial charge on any atom is -0.493 e. The molecule has 0 spiro atoms. The van der Waals surface area contributed by atoms with Gasteiger partial charge in [-0.05, 0) is 44.4 Å². The van der Waals surface area contributed by atoms with E-state index >= 15 is 0 Å². The number of fused-ring (bicyclic) bond motifs is 1. The molecule has 1 aromatic heterocycles. The maximum absolute atomic E-state index is 14.5. The molecule has 2 fully saturated rings. The molecule has 4 rings (SSSR count). The number of nitrogens with zero attached hydrogens (tertiary/aromatic N) is 1. The van der Waals surface area contributed by atoms with Gasteiger partial charge < -0.3 is 15.5 Å². The molecule has 8 heteroatoms. The van der Waals surface area contributed by atoms with Crippen LogP contribution in [0.1, 0.15) is 50.8 Å². The molecule has 29 heavy (non-hydrogen) atoms. The third kappa shape index (κ3) is 4.74. The standard InChI is InChI=1S/C21H27F2N3O2S/c22-16-8-14(28-10-13-2-1-3-13)9-17-19(16)20(27)26-18(25-17)11-29-15-4-6-21(23,12-24)7-5-15/h8-9,13,15H,1-7,10-12,24H2,(H,25,26,27)/t15-,21-. The van der Waals surface area contributed by atoms with Crippen molar-refractivity contribution in [2.75, 3.05) is 13.2 Å². The first-order chi connectivity index (χ1) is 14.0. The van der Waals surface area contributed by atoms with Crippen molar-refractivity contribution in [1.82, 2.24) is 9.97 Å². The van der Waals surface area contributed by atoms with Crippen molar-refractivity contribution in [1.29, 1.82) is 0 Å². The summed E-state index contributed by atoms with van der Waals surface area (Å²) in [4.78, 5) is 19.5. The Hall–Kier alpha value is -1.67. The lowest BCUT2D eigenvalue weighted by Crippen LogP contribution is -2.37. The Kier molecular flexibility index (Phi) is 6.11. The number of hydrogen-bond donors (Lipinski definition) is 2. The molecule has 2 saturated carbocycles. The number of thioether (sulfide) groups is 1. The molecule has 0 aliphatic heterocycles. The number of H-pyrrole nitrogens is 1. The van der Waals surface area contributed by atoms with E-state index in [9.17, 15) is 13.6 Å². The summed E-state index contributed by atoms with van der Waals surface area (Å²) in [6.07, 6.45) is 5.95. The van der Waals surface area contributed by atoms with Gasteiger partial charge in [0.05, 0.1) is 17.9 Å². The lowest BCUT2D eigenvalue weighted by atomic mass is 9.86. The van der Waals surface area contributed by atoms with Crippen LogP contribution in [0.5, 0.6) is 5.75 Å². The summed E-state index contributed by atoms with van der Waals surface area (Å²) in [5, 5.41) is 0.262. The minimum absolute atomic E-state index is 0.0439. The van der Waals surface area contributed by atoms with Gasteiger partial charge in [0.1, 0.15) is 28.4 Å². The van der Waals surface area contributed by atoms with Gasteiger partial charge in [-0.3, -0.25) is 4.79 Å². The van der Waals surface area contributed by atoms with E-state index in [1.54, 1.807) is 17.8 Å². The average Bonchev–Trinajstić information content (AvgIpc) is 2.66. The molecule has 158 valence electrons. The molecule has 1 heterocycles. The molecule has 0 radical (unpaired) electrons. The topological polar surface area (TPSA) is 81.0 Å². The van der Waals surface area contributed by atoms with E-state index in [1.165, 1.54) is 12.5 Å². The summed E-state index contributed by atoms with van der Waals surface area (Å²) >= 11 is 1.65. The highest BCUT2D eigenvalue weighted by molar-refractivity contribution is 7.99. The Morgan fingerprint density at radius 2 is 2.03 bits per heavy atom. The Morgan fingerprint density at radius 3 is 2.69 bits per heavy atom. The molecule has 0 amide bonds. The molecule has 5 nitrogen and oxygen atoms in total. The largest absolute Gasteiger partial charge is 0.493 e. The van der Waals surface area contributed by atoms with Gasteiger partial charge in [0.15, 0.2) is 0 Å². The highest BCUT2D eigenvalue weighted by Crippen LogP contribution is 2.37. The first-order valence-electron chi connectivity index (χ1n) is 10.3. The highest BCUT2D eigenvalue weighted by atomic mass is 32.2. The van der Waals surface area contributed by atoms with Crippen LogP contribution in [0.2, 0.25) is 0 Å². The Bertz CT molecular complexity index is 924. The molecule has 2 aromatic rings. The smallest absolute Gasteiger partial charge is 0.261 e. The summed E-state index contributed by atoms with van der Waals surface area (Å²) in [5.74, 6) is 1.32. The van der Waals surface area contributed by atoms with Crippen LogP contribution in [0.15, 0.2) is 16.9 Å². The number of ether oxygens (including phenoxy) is 1. The van der Waals surface area contributed by atoms with Crippen molar-refractivity contribution in [3.8, 4) is 5.75 Å². The fraction of sp³-hybridized carbons (Fsp3) is 0.619. The van der Waals surface area contributed by atoms with Gasteiger partial charge >= 0.3 is 0 Å². The number of nitrogens with one attached hydrogen (secondary N) is 1. The van der Waals surface area contributed by atoms with Crippen molar-refractivity contribution in [3.63, 3.8) is 0 Å². The molecule has 0 unspecified atom stereocenters. The third-order valence-corrected chi connectivity index (χ3v) is 7.53. The van der Waals surface area contributed by atoms with Crippen molar-refractivity contribution in [2.24, 2.45) is 11.7 Å². The molecule has 0 atom stereocenters. The zero-order valence-corrected chi connectivity index (χ0v) is 17.2. The Labute approximate surface area is 172 Å². The van der Waals surface area contributed by atoms with Crippen LogP contribution in [0, 0.1) is 11.7 Å². The molecular weight excluding hydrogens is 396 g/mol. The molecule has 0 saturated heterocycles. The zero-order valence-electron chi connectivity index (χ0n) is 16.4. The fourth-order valence-electron chi connectivity index (χ4n) is 3.95. The number of hydrogen-bond acceptors (Lipinski definition) is 5. The van der Waals surface area contributed by atoms with E-state index in [-0.39, 0.29) is 11.9 Å². The van der Waals surface area contributed by atoms with Crippen LogP contribution in [0.3, 0.4) is 0 Å². The predicted molar refractivity (Wildman–Crippen MR) is 112 cm³/mol. The molecule has 2 aliphatic carbocycles. The van der Waals surface area contributed by atoms with E-state index in [4.69, 9.17) is 10.5 Å².